The number of aliphatic hydroxyl groups excluding tert-OH is 1. The molecule has 1 aromatic heterocycles. The Labute approximate surface area is 124 Å². The van der Waals surface area contributed by atoms with Crippen LogP contribution in [-0.2, 0) is 6.42 Å². The van der Waals surface area contributed by atoms with Crippen molar-refractivity contribution in [2.75, 3.05) is 30.4 Å². The average Bonchev–Trinajstić information content (AvgIpc) is 2.97. The molecule has 2 rings (SSSR count). The fourth-order valence-electron chi connectivity index (χ4n) is 1.96. The van der Waals surface area contributed by atoms with E-state index < -0.39 is 0 Å². The number of benzene rings is 1. The molecule has 5 nitrogen and oxygen atoms in total. The summed E-state index contributed by atoms with van der Waals surface area (Å²) in [4.78, 5) is 14.0. The minimum Gasteiger partial charge on any atom is -0.456 e. The molecule has 0 saturated heterocycles. The summed E-state index contributed by atoms with van der Waals surface area (Å²) in [6.07, 6.45) is 0.763. The number of rotatable bonds is 6. The van der Waals surface area contributed by atoms with E-state index in [1.165, 1.54) is 0 Å². The highest BCUT2D eigenvalue weighted by Crippen LogP contribution is 2.18. The number of nitrogens with one attached hydrogen (secondary N) is 1. The topological polar surface area (TPSA) is 65.7 Å². The quantitative estimate of drug-likeness (QED) is 0.857. The van der Waals surface area contributed by atoms with Crippen LogP contribution in [0.5, 0.6) is 0 Å². The van der Waals surface area contributed by atoms with Gasteiger partial charge in [0, 0.05) is 31.4 Å². The monoisotopic (exact) mass is 288 g/mol. The zero-order valence-electron chi connectivity index (χ0n) is 12.3. The van der Waals surface area contributed by atoms with E-state index in [-0.39, 0.29) is 12.5 Å². The Morgan fingerprint density at radius 2 is 1.95 bits per heavy atom. The van der Waals surface area contributed by atoms with Gasteiger partial charge in [-0.2, -0.15) is 0 Å². The van der Waals surface area contributed by atoms with Crippen molar-refractivity contribution in [3.05, 3.63) is 47.9 Å². The number of aryl methyl sites for hydroxylation is 1. The number of hydrogen-bond donors (Lipinski definition) is 2. The predicted molar refractivity (Wildman–Crippen MR) is 82.8 cm³/mol. The van der Waals surface area contributed by atoms with Crippen LogP contribution in [0, 0.1) is 0 Å². The van der Waals surface area contributed by atoms with Crippen LogP contribution >= 0.6 is 0 Å². The van der Waals surface area contributed by atoms with Gasteiger partial charge in [-0.25, -0.2) is 0 Å². The summed E-state index contributed by atoms with van der Waals surface area (Å²) in [5, 5.41) is 11.7. The molecule has 0 spiro atoms. The second-order valence-electron chi connectivity index (χ2n) is 4.77. The lowest BCUT2D eigenvalue weighted by molar-refractivity contribution is 0.0995. The first kappa shape index (κ1) is 15.1. The third-order valence-electron chi connectivity index (χ3n) is 3.24. The molecule has 5 heteroatoms. The highest BCUT2D eigenvalue weighted by molar-refractivity contribution is 6.02. The summed E-state index contributed by atoms with van der Waals surface area (Å²) >= 11 is 0. The predicted octanol–water partition coefficient (Wildman–Crippen LogP) is 2.52. The van der Waals surface area contributed by atoms with Crippen molar-refractivity contribution in [1.82, 2.24) is 0 Å². The molecule has 2 aromatic rings. The molecule has 0 unspecified atom stereocenters. The Morgan fingerprint density at radius 3 is 2.52 bits per heavy atom. The van der Waals surface area contributed by atoms with E-state index in [1.807, 2.05) is 49.2 Å². The molecule has 1 aromatic carbocycles. The van der Waals surface area contributed by atoms with Gasteiger partial charge in [0.2, 0.25) is 0 Å². The first-order chi connectivity index (χ1) is 10.1. The van der Waals surface area contributed by atoms with Gasteiger partial charge in [-0.1, -0.05) is 6.92 Å². The number of nitrogens with zero attached hydrogens (tertiary/aromatic N) is 1. The molecule has 0 bridgehead atoms. The Hall–Kier alpha value is -2.27. The summed E-state index contributed by atoms with van der Waals surface area (Å²) in [5.41, 5.74) is 1.68. The van der Waals surface area contributed by atoms with E-state index in [4.69, 9.17) is 9.52 Å². The van der Waals surface area contributed by atoms with Crippen molar-refractivity contribution in [2.24, 2.45) is 0 Å². The van der Waals surface area contributed by atoms with Crippen LogP contribution in [0.25, 0.3) is 0 Å². The Bertz CT molecular complexity index is 590. The van der Waals surface area contributed by atoms with Gasteiger partial charge in [-0.15, -0.1) is 0 Å². The first-order valence-electron chi connectivity index (χ1n) is 6.96. The SMILES string of the molecule is CCc1ccc(C(=O)Nc2ccc(N(C)CCO)cc2)o1. The van der Waals surface area contributed by atoms with Gasteiger partial charge < -0.3 is 19.7 Å². The van der Waals surface area contributed by atoms with Gasteiger partial charge in [0.1, 0.15) is 5.76 Å². The fourth-order valence-corrected chi connectivity index (χ4v) is 1.96. The largest absolute Gasteiger partial charge is 0.456 e. The minimum atomic E-state index is -0.258. The molecule has 112 valence electrons. The lowest BCUT2D eigenvalue weighted by Gasteiger charge is -2.18. The second-order valence-corrected chi connectivity index (χ2v) is 4.77. The Balaban J connectivity index is 2.01. The van der Waals surface area contributed by atoms with Crippen LogP contribution in [-0.4, -0.2) is 31.2 Å². The van der Waals surface area contributed by atoms with Gasteiger partial charge in [0.05, 0.1) is 6.61 Å². The van der Waals surface area contributed by atoms with Crippen molar-refractivity contribution in [1.29, 1.82) is 0 Å². The highest BCUT2D eigenvalue weighted by Gasteiger charge is 2.11. The molecule has 1 heterocycles. The summed E-state index contributed by atoms with van der Waals surface area (Å²) < 4.78 is 5.41. The maximum Gasteiger partial charge on any atom is 0.291 e. The van der Waals surface area contributed by atoms with Crippen molar-refractivity contribution >= 4 is 17.3 Å². The smallest absolute Gasteiger partial charge is 0.291 e. The van der Waals surface area contributed by atoms with E-state index in [1.54, 1.807) is 6.07 Å². The lowest BCUT2D eigenvalue weighted by atomic mass is 10.2. The van der Waals surface area contributed by atoms with Gasteiger partial charge in [0.15, 0.2) is 5.76 Å². The van der Waals surface area contributed by atoms with E-state index in [0.29, 0.717) is 18.0 Å². The van der Waals surface area contributed by atoms with Crippen LogP contribution in [0.4, 0.5) is 11.4 Å². The van der Waals surface area contributed by atoms with Gasteiger partial charge in [0.25, 0.3) is 5.91 Å². The summed E-state index contributed by atoms with van der Waals surface area (Å²) in [5.74, 6) is 0.848. The maximum atomic E-state index is 12.0. The maximum absolute atomic E-state index is 12.0. The van der Waals surface area contributed by atoms with Gasteiger partial charge in [-0.05, 0) is 36.4 Å². The first-order valence-corrected chi connectivity index (χ1v) is 6.96. The van der Waals surface area contributed by atoms with Crippen LogP contribution in [0.2, 0.25) is 0 Å². The summed E-state index contributed by atoms with van der Waals surface area (Å²) in [6.45, 7) is 2.65. The van der Waals surface area contributed by atoms with Gasteiger partial charge >= 0.3 is 0 Å². The molecule has 2 N–H and O–H groups in total. The number of furan rings is 1. The number of carbonyl (C=O) groups is 1. The molecule has 1 amide bonds. The molecule has 0 aliphatic heterocycles. The molecule has 0 atom stereocenters. The summed E-state index contributed by atoms with van der Waals surface area (Å²) in [6, 6.07) is 10.9. The number of likely N-dealkylation sites (N-methyl/N-ethyl adjacent to an activating group) is 1. The highest BCUT2D eigenvalue weighted by atomic mass is 16.3. The van der Waals surface area contributed by atoms with E-state index >= 15 is 0 Å². The number of carbonyl (C=O) groups excluding carboxylic acids is 1. The van der Waals surface area contributed by atoms with Crippen LogP contribution in [0.15, 0.2) is 40.8 Å². The van der Waals surface area contributed by atoms with E-state index in [2.05, 4.69) is 5.32 Å². The van der Waals surface area contributed by atoms with Crippen molar-refractivity contribution in [2.45, 2.75) is 13.3 Å². The Kier molecular flexibility index (Phi) is 5.00. The second kappa shape index (κ2) is 6.95. The minimum absolute atomic E-state index is 0.104. The number of aliphatic hydroxyl groups is 1. The van der Waals surface area contributed by atoms with E-state index in [9.17, 15) is 4.79 Å². The molecule has 0 aliphatic rings. The standard InChI is InChI=1S/C16H20N2O3/c1-3-14-8-9-15(21-14)16(20)17-12-4-6-13(7-5-12)18(2)10-11-19/h4-9,19H,3,10-11H2,1-2H3,(H,17,20). The molecule has 0 saturated carbocycles. The Morgan fingerprint density at radius 1 is 1.24 bits per heavy atom. The molecule has 0 radical (unpaired) electrons. The zero-order chi connectivity index (χ0) is 15.2. The average molecular weight is 288 g/mol. The number of amides is 1. The number of anilines is 2. The van der Waals surface area contributed by atoms with Gasteiger partial charge in [-0.3, -0.25) is 4.79 Å². The normalized spacial score (nSPS) is 10.4. The lowest BCUT2D eigenvalue weighted by Crippen LogP contribution is -2.21. The molecule has 0 aliphatic carbocycles. The third-order valence-corrected chi connectivity index (χ3v) is 3.24. The zero-order valence-corrected chi connectivity index (χ0v) is 12.3. The van der Waals surface area contributed by atoms with Crippen LogP contribution in [0.1, 0.15) is 23.2 Å². The van der Waals surface area contributed by atoms with Crippen molar-refractivity contribution in [3.63, 3.8) is 0 Å². The molecule has 21 heavy (non-hydrogen) atoms. The summed E-state index contributed by atoms with van der Waals surface area (Å²) in [7, 11) is 1.90. The fraction of sp³-hybridized carbons (Fsp3) is 0.312. The molecule has 0 fully saturated rings. The van der Waals surface area contributed by atoms with E-state index in [0.717, 1.165) is 17.9 Å². The number of hydrogen-bond acceptors (Lipinski definition) is 4. The van der Waals surface area contributed by atoms with Crippen molar-refractivity contribution < 1.29 is 14.3 Å². The van der Waals surface area contributed by atoms with Crippen molar-refractivity contribution in [3.8, 4) is 0 Å². The molecular weight excluding hydrogens is 268 g/mol. The third kappa shape index (κ3) is 3.86. The van der Waals surface area contributed by atoms with Crippen LogP contribution < -0.4 is 10.2 Å². The molecular formula is C16H20N2O3. The van der Waals surface area contributed by atoms with Crippen LogP contribution in [0.3, 0.4) is 0 Å².